The number of aryl methyl sites for hydroxylation is 1. The van der Waals surface area contributed by atoms with Gasteiger partial charge in [-0.15, -0.1) is 10.2 Å². The van der Waals surface area contributed by atoms with E-state index in [0.29, 0.717) is 32.5 Å². The summed E-state index contributed by atoms with van der Waals surface area (Å²) in [4.78, 5) is 29.8. The lowest BCUT2D eigenvalue weighted by Crippen LogP contribution is -2.55. The summed E-state index contributed by atoms with van der Waals surface area (Å²) >= 11 is 1.64. The smallest absolute Gasteiger partial charge is 0.222 e. The van der Waals surface area contributed by atoms with Crippen LogP contribution in [-0.4, -0.2) is 67.8 Å². The zero-order valence-corrected chi connectivity index (χ0v) is 24.6. The molecule has 0 spiro atoms. The lowest BCUT2D eigenvalue weighted by molar-refractivity contribution is -0.142. The van der Waals surface area contributed by atoms with E-state index < -0.39 is 0 Å². The van der Waals surface area contributed by atoms with Crippen LogP contribution in [0.15, 0.2) is 59.8 Å². The maximum absolute atomic E-state index is 13.0. The number of aromatic nitrogens is 3. The SMILES string of the molecule is Cc1cccc(-n2c(SCCCC(=O)N3CCN(C(=O)CCC4CCCC4)C(C)C3)nnc2-c2ccccc2)c1. The first-order valence-electron chi connectivity index (χ1n) is 14.8. The van der Waals surface area contributed by atoms with Crippen LogP contribution in [0.2, 0.25) is 0 Å². The van der Waals surface area contributed by atoms with Crippen molar-refractivity contribution in [3.8, 4) is 17.1 Å². The van der Waals surface area contributed by atoms with Gasteiger partial charge < -0.3 is 9.80 Å². The fraction of sp³-hybridized carbons (Fsp3) is 0.500. The molecular weight excluding hydrogens is 518 g/mol. The van der Waals surface area contributed by atoms with Crippen molar-refractivity contribution in [2.24, 2.45) is 5.92 Å². The zero-order chi connectivity index (χ0) is 27.9. The molecular formula is C32H41N5O2S. The number of amides is 2. The number of hydrogen-bond donors (Lipinski definition) is 0. The molecule has 1 aromatic heterocycles. The van der Waals surface area contributed by atoms with Crippen LogP contribution in [0.25, 0.3) is 17.1 Å². The standard InChI is InChI=1S/C32H41N5O2S/c1-24-10-8-15-28(22-24)37-31(27-13-4-3-5-14-27)33-34-32(37)40-21-9-16-29(38)35-19-20-36(25(2)23-35)30(39)18-17-26-11-6-7-12-26/h3-5,8,10,13-15,22,25-26H,6-7,9,11-12,16-21,23H2,1-2H3. The third-order valence-electron chi connectivity index (χ3n) is 8.23. The van der Waals surface area contributed by atoms with E-state index in [0.717, 1.165) is 46.7 Å². The average Bonchev–Trinajstić information content (AvgIpc) is 3.64. The predicted octanol–water partition coefficient (Wildman–Crippen LogP) is 6.14. The Hall–Kier alpha value is -3.13. The van der Waals surface area contributed by atoms with Crippen molar-refractivity contribution in [1.29, 1.82) is 0 Å². The zero-order valence-electron chi connectivity index (χ0n) is 23.8. The Labute approximate surface area is 242 Å². The fourth-order valence-corrected chi connectivity index (χ4v) is 6.90. The van der Waals surface area contributed by atoms with Gasteiger partial charge >= 0.3 is 0 Å². The molecule has 0 radical (unpaired) electrons. The largest absolute Gasteiger partial charge is 0.339 e. The normalized spacial score (nSPS) is 17.9. The van der Waals surface area contributed by atoms with Crippen molar-refractivity contribution in [3.05, 3.63) is 60.2 Å². The van der Waals surface area contributed by atoms with Gasteiger partial charge in [0.1, 0.15) is 0 Å². The molecule has 1 saturated heterocycles. The van der Waals surface area contributed by atoms with Crippen molar-refractivity contribution >= 4 is 23.6 Å². The van der Waals surface area contributed by atoms with Crippen LogP contribution in [0.5, 0.6) is 0 Å². The molecule has 1 atom stereocenters. The van der Waals surface area contributed by atoms with Gasteiger partial charge in [-0.1, -0.05) is 79.9 Å². The van der Waals surface area contributed by atoms with E-state index in [9.17, 15) is 9.59 Å². The highest BCUT2D eigenvalue weighted by molar-refractivity contribution is 7.99. The molecule has 1 saturated carbocycles. The van der Waals surface area contributed by atoms with E-state index in [1.54, 1.807) is 11.8 Å². The molecule has 0 N–H and O–H groups in total. The molecule has 1 unspecified atom stereocenters. The third kappa shape index (κ3) is 6.95. The van der Waals surface area contributed by atoms with Crippen LogP contribution in [0, 0.1) is 12.8 Å². The van der Waals surface area contributed by atoms with E-state index in [1.807, 2.05) is 40.1 Å². The number of carbonyl (C=O) groups is 2. The topological polar surface area (TPSA) is 71.3 Å². The summed E-state index contributed by atoms with van der Waals surface area (Å²) in [6.45, 7) is 6.07. The third-order valence-corrected chi connectivity index (χ3v) is 9.25. The second-order valence-electron chi connectivity index (χ2n) is 11.3. The van der Waals surface area contributed by atoms with Crippen LogP contribution >= 0.6 is 11.8 Å². The first-order chi connectivity index (χ1) is 19.5. The van der Waals surface area contributed by atoms with Gasteiger partial charge in [0, 0.05) is 55.5 Å². The molecule has 2 heterocycles. The summed E-state index contributed by atoms with van der Waals surface area (Å²) in [5, 5.41) is 9.88. The minimum absolute atomic E-state index is 0.0763. The quantitative estimate of drug-likeness (QED) is 0.220. The number of thioether (sulfide) groups is 1. The Morgan fingerprint density at radius 3 is 2.50 bits per heavy atom. The molecule has 8 heteroatoms. The molecule has 2 aromatic carbocycles. The molecule has 7 nitrogen and oxygen atoms in total. The van der Waals surface area contributed by atoms with E-state index in [2.05, 4.69) is 52.9 Å². The summed E-state index contributed by atoms with van der Waals surface area (Å²) in [7, 11) is 0. The summed E-state index contributed by atoms with van der Waals surface area (Å²) in [6.07, 6.45) is 8.13. The van der Waals surface area contributed by atoms with Gasteiger partial charge in [-0.2, -0.15) is 0 Å². The Kier molecular flexibility index (Phi) is 9.57. The van der Waals surface area contributed by atoms with Gasteiger partial charge in [0.15, 0.2) is 11.0 Å². The highest BCUT2D eigenvalue weighted by Gasteiger charge is 2.30. The summed E-state index contributed by atoms with van der Waals surface area (Å²) in [5.74, 6) is 2.76. The second kappa shape index (κ2) is 13.5. The second-order valence-corrected chi connectivity index (χ2v) is 12.3. The fourth-order valence-electron chi connectivity index (χ4n) is 6.01. The first-order valence-corrected chi connectivity index (χ1v) is 15.8. The van der Waals surface area contributed by atoms with E-state index in [-0.39, 0.29) is 17.9 Å². The molecule has 3 aromatic rings. The molecule has 0 bridgehead atoms. The minimum Gasteiger partial charge on any atom is -0.339 e. The van der Waals surface area contributed by atoms with Crippen LogP contribution in [0.1, 0.15) is 63.9 Å². The molecule has 2 amide bonds. The van der Waals surface area contributed by atoms with E-state index in [4.69, 9.17) is 0 Å². The number of hydrogen-bond acceptors (Lipinski definition) is 5. The van der Waals surface area contributed by atoms with Gasteiger partial charge in [0.2, 0.25) is 11.8 Å². The van der Waals surface area contributed by atoms with Gasteiger partial charge in [0.05, 0.1) is 0 Å². The van der Waals surface area contributed by atoms with E-state index >= 15 is 0 Å². The summed E-state index contributed by atoms with van der Waals surface area (Å²) in [6, 6.07) is 18.6. The molecule has 2 aliphatic rings. The lowest BCUT2D eigenvalue weighted by atomic mass is 10.0. The molecule has 5 rings (SSSR count). The summed E-state index contributed by atoms with van der Waals surface area (Å²) < 4.78 is 2.11. The van der Waals surface area contributed by atoms with Crippen LogP contribution in [0.3, 0.4) is 0 Å². The molecule has 1 aliphatic carbocycles. The molecule has 2 fully saturated rings. The van der Waals surface area contributed by atoms with E-state index in [1.165, 1.54) is 31.2 Å². The molecule has 212 valence electrons. The molecule has 1 aliphatic heterocycles. The summed E-state index contributed by atoms with van der Waals surface area (Å²) in [5.41, 5.74) is 3.23. The van der Waals surface area contributed by atoms with Crippen LogP contribution in [-0.2, 0) is 9.59 Å². The lowest BCUT2D eigenvalue weighted by Gasteiger charge is -2.40. The van der Waals surface area contributed by atoms with Crippen molar-refractivity contribution < 1.29 is 9.59 Å². The Morgan fingerprint density at radius 1 is 0.950 bits per heavy atom. The molecule has 40 heavy (non-hydrogen) atoms. The number of nitrogens with zero attached hydrogens (tertiary/aromatic N) is 5. The number of piperazine rings is 1. The average molecular weight is 560 g/mol. The van der Waals surface area contributed by atoms with Gasteiger partial charge in [-0.25, -0.2) is 0 Å². The number of benzene rings is 2. The Morgan fingerprint density at radius 2 is 1.75 bits per heavy atom. The maximum atomic E-state index is 13.0. The monoisotopic (exact) mass is 559 g/mol. The van der Waals surface area contributed by atoms with Gasteiger partial charge in [-0.05, 0) is 50.3 Å². The van der Waals surface area contributed by atoms with Crippen molar-refractivity contribution in [2.45, 2.75) is 76.4 Å². The predicted molar refractivity (Wildman–Crippen MR) is 160 cm³/mol. The number of rotatable bonds is 10. The van der Waals surface area contributed by atoms with Gasteiger partial charge in [0.25, 0.3) is 0 Å². The van der Waals surface area contributed by atoms with Crippen molar-refractivity contribution in [2.75, 3.05) is 25.4 Å². The maximum Gasteiger partial charge on any atom is 0.222 e. The highest BCUT2D eigenvalue weighted by Crippen LogP contribution is 2.30. The van der Waals surface area contributed by atoms with Gasteiger partial charge in [-0.3, -0.25) is 14.2 Å². The minimum atomic E-state index is 0.0763. The Balaban J connectivity index is 1.13. The van der Waals surface area contributed by atoms with Crippen molar-refractivity contribution in [3.63, 3.8) is 0 Å². The number of carbonyl (C=O) groups excluding carboxylic acids is 2. The first kappa shape index (κ1) is 28.4. The highest BCUT2D eigenvalue weighted by atomic mass is 32.2. The van der Waals surface area contributed by atoms with Crippen molar-refractivity contribution in [1.82, 2.24) is 24.6 Å². The Bertz CT molecular complexity index is 1290. The van der Waals surface area contributed by atoms with Crippen LogP contribution < -0.4 is 0 Å². The van der Waals surface area contributed by atoms with Crippen LogP contribution in [0.4, 0.5) is 0 Å².